The number of methoxy groups -OCH3 is 1. The zero-order valence-corrected chi connectivity index (χ0v) is 31.0. The number of carbonyl (C=O) groups excluding carboxylic acids is 1. The molecule has 10 heteroatoms. The lowest BCUT2D eigenvalue weighted by Crippen LogP contribution is -2.62. The second-order valence-corrected chi connectivity index (χ2v) is 17.1. The molecule has 262 valence electrons. The Morgan fingerprint density at radius 1 is 0.980 bits per heavy atom. The van der Waals surface area contributed by atoms with Crippen LogP contribution in [0.15, 0.2) is 119 Å². The van der Waals surface area contributed by atoms with Crippen LogP contribution in [0.25, 0.3) is 0 Å². The Kier molecular flexibility index (Phi) is 10.1. The van der Waals surface area contributed by atoms with Crippen molar-refractivity contribution in [1.82, 2.24) is 9.30 Å². The van der Waals surface area contributed by atoms with Gasteiger partial charge in [0.1, 0.15) is 27.1 Å². The van der Waals surface area contributed by atoms with Gasteiger partial charge in [-0.05, 0) is 41.2 Å². The summed E-state index contributed by atoms with van der Waals surface area (Å²) in [5, 5.41) is 9.92. The van der Waals surface area contributed by atoms with Gasteiger partial charge in [0, 0.05) is 11.8 Å². The second-order valence-electron chi connectivity index (χ2n) is 14.0. The monoisotopic (exact) mass is 694 g/mol. The van der Waals surface area contributed by atoms with Gasteiger partial charge in [0.15, 0.2) is 5.35 Å². The second kappa shape index (κ2) is 13.9. The Bertz CT molecular complexity index is 1990. The van der Waals surface area contributed by atoms with Gasteiger partial charge in [0.05, 0.1) is 36.2 Å². The van der Waals surface area contributed by atoms with Crippen molar-refractivity contribution in [3.8, 4) is 5.75 Å². The summed E-state index contributed by atoms with van der Waals surface area (Å²) < 4.78 is 15.0. The number of aliphatic hydroxyl groups is 1. The standard InChI is InChI=1S/C40H46N2O7Si/c1-9-23-48-42-35(45)28(2)25-41(36(42)46)40(50(7)8)33(26-43)39(37(3,4)5,34(27-44)49-40)38(29-17-12-10-13-18-29,30-19-14-11-15-20-30)31-21-16-22-32(24-31)47-6/h9-22,24-25,34,44,50H,1,23,27H2,2-8H3/t34-,39-,40+/m1/s1. The van der Waals surface area contributed by atoms with E-state index in [4.69, 9.17) is 14.3 Å². The number of aromatic nitrogens is 2. The molecule has 0 bridgehead atoms. The molecule has 0 radical (unpaired) electrons. The molecule has 0 unspecified atom stereocenters. The summed E-state index contributed by atoms with van der Waals surface area (Å²) in [5.74, 6) is 2.99. The van der Waals surface area contributed by atoms with Gasteiger partial charge in [0.25, 0.3) is 5.56 Å². The first-order valence-corrected chi connectivity index (χ1v) is 19.6. The fraction of sp³-hybridized carbons (Fsp3) is 0.350. The van der Waals surface area contributed by atoms with Crippen molar-refractivity contribution < 1.29 is 24.2 Å². The zero-order valence-electron chi connectivity index (χ0n) is 29.8. The Balaban J connectivity index is 2.10. The molecule has 2 heterocycles. The predicted molar refractivity (Wildman–Crippen MR) is 197 cm³/mol. The van der Waals surface area contributed by atoms with Gasteiger partial charge in [0.2, 0.25) is 0 Å². The molecule has 1 fully saturated rings. The summed E-state index contributed by atoms with van der Waals surface area (Å²) in [4.78, 5) is 47.6. The van der Waals surface area contributed by atoms with E-state index < -0.39 is 54.3 Å². The highest BCUT2D eigenvalue weighted by molar-refractivity contribution is 6.59. The topological polar surface area (TPSA) is 109 Å². The SMILES string of the molecule is C=CCOn1c(=O)c(C)cn([C@]2([SiH](C)C)O[C@H](CO)[C@](C(C)(C)C)(C(c3ccccc3)(c3ccccc3)c3cccc(OC)c3)C2=C=O)c1=O. The molecule has 4 aromatic rings. The van der Waals surface area contributed by atoms with Crippen LogP contribution < -0.4 is 20.8 Å². The highest BCUT2D eigenvalue weighted by Gasteiger charge is 2.75. The number of aryl methyl sites for hydroxylation is 1. The first-order valence-electron chi connectivity index (χ1n) is 16.7. The molecule has 1 aliphatic rings. The molecule has 1 aromatic heterocycles. The molecule has 0 aliphatic carbocycles. The molecule has 5 rings (SSSR count). The van der Waals surface area contributed by atoms with Gasteiger partial charge >= 0.3 is 5.69 Å². The van der Waals surface area contributed by atoms with Gasteiger partial charge in [-0.15, -0.1) is 0 Å². The molecule has 0 amide bonds. The van der Waals surface area contributed by atoms with Crippen LogP contribution in [0.5, 0.6) is 5.75 Å². The smallest absolute Gasteiger partial charge is 0.367 e. The number of hydrogen-bond acceptors (Lipinski definition) is 7. The summed E-state index contributed by atoms with van der Waals surface area (Å²) in [6.45, 7) is 14.7. The average molecular weight is 695 g/mol. The van der Waals surface area contributed by atoms with Crippen molar-refractivity contribution in [3.05, 3.63) is 152 Å². The number of rotatable bonds is 11. The van der Waals surface area contributed by atoms with Gasteiger partial charge in [-0.1, -0.05) is 124 Å². The highest BCUT2D eigenvalue weighted by atomic mass is 28.3. The summed E-state index contributed by atoms with van der Waals surface area (Å²) >= 11 is 0. The first kappa shape index (κ1) is 36.5. The van der Waals surface area contributed by atoms with E-state index in [2.05, 4.69) is 12.5 Å². The molecule has 50 heavy (non-hydrogen) atoms. The van der Waals surface area contributed by atoms with E-state index in [1.807, 2.05) is 119 Å². The molecular formula is C40H46N2O7Si. The number of aliphatic hydroxyl groups excluding tert-OH is 1. The quantitative estimate of drug-likeness (QED) is 0.104. The van der Waals surface area contributed by atoms with Crippen LogP contribution in [-0.4, -0.2) is 55.6 Å². The normalized spacial score (nSPS) is 20.8. The minimum Gasteiger partial charge on any atom is -0.497 e. The molecular weight excluding hydrogens is 649 g/mol. The molecule has 0 saturated carbocycles. The van der Waals surface area contributed by atoms with Gasteiger partial charge in [-0.2, -0.15) is 0 Å². The Labute approximate surface area is 294 Å². The fourth-order valence-corrected chi connectivity index (χ4v) is 10.5. The maximum atomic E-state index is 14.5. The van der Waals surface area contributed by atoms with Crippen LogP contribution in [0.3, 0.4) is 0 Å². The van der Waals surface area contributed by atoms with Crippen molar-refractivity contribution in [1.29, 1.82) is 0 Å². The highest BCUT2D eigenvalue weighted by Crippen LogP contribution is 2.71. The largest absolute Gasteiger partial charge is 0.497 e. The molecule has 3 atom stereocenters. The Morgan fingerprint density at radius 2 is 1.56 bits per heavy atom. The molecule has 1 aliphatic heterocycles. The van der Waals surface area contributed by atoms with E-state index in [1.165, 1.54) is 16.8 Å². The van der Waals surface area contributed by atoms with Gasteiger partial charge in [-0.3, -0.25) is 9.36 Å². The summed E-state index contributed by atoms with van der Waals surface area (Å²) in [7, 11) is -0.833. The van der Waals surface area contributed by atoms with E-state index in [-0.39, 0.29) is 17.7 Å². The van der Waals surface area contributed by atoms with Crippen LogP contribution in [0, 0.1) is 17.8 Å². The van der Waals surface area contributed by atoms with E-state index in [9.17, 15) is 19.5 Å². The third kappa shape index (κ3) is 5.17. The lowest BCUT2D eigenvalue weighted by molar-refractivity contribution is -0.106. The first-order chi connectivity index (χ1) is 23.8. The fourth-order valence-electron chi connectivity index (χ4n) is 8.41. The Morgan fingerprint density at radius 3 is 2.04 bits per heavy atom. The van der Waals surface area contributed by atoms with E-state index in [0.717, 1.165) is 16.7 Å². The number of ether oxygens (including phenoxy) is 2. The van der Waals surface area contributed by atoms with Gasteiger partial charge < -0.3 is 19.4 Å². The van der Waals surface area contributed by atoms with Crippen LogP contribution in [0.1, 0.15) is 43.0 Å². The van der Waals surface area contributed by atoms with Crippen molar-refractivity contribution >= 4 is 14.7 Å². The van der Waals surface area contributed by atoms with Crippen molar-refractivity contribution in [2.45, 2.75) is 57.7 Å². The van der Waals surface area contributed by atoms with Gasteiger partial charge in [-0.25, -0.2) is 9.59 Å². The number of nitrogens with zero attached hydrogens (tertiary/aromatic N) is 2. The zero-order chi connectivity index (χ0) is 36.5. The molecule has 9 nitrogen and oxygen atoms in total. The predicted octanol–water partition coefficient (Wildman–Crippen LogP) is 4.84. The third-order valence-electron chi connectivity index (χ3n) is 10.2. The molecule has 1 N–H and O–H groups in total. The number of hydrogen-bond donors (Lipinski definition) is 1. The lowest BCUT2D eigenvalue weighted by atomic mass is 9.42. The maximum Gasteiger partial charge on any atom is 0.367 e. The molecule has 3 aromatic carbocycles. The van der Waals surface area contributed by atoms with E-state index in [0.29, 0.717) is 10.5 Å². The van der Waals surface area contributed by atoms with Crippen LogP contribution in [-0.2, 0) is 20.3 Å². The summed E-state index contributed by atoms with van der Waals surface area (Å²) in [5.41, 5.74) is -2.20. The minimum atomic E-state index is -2.43. The van der Waals surface area contributed by atoms with Crippen molar-refractivity contribution in [2.24, 2.45) is 10.8 Å². The van der Waals surface area contributed by atoms with Crippen LogP contribution in [0.2, 0.25) is 13.1 Å². The van der Waals surface area contributed by atoms with Crippen LogP contribution >= 0.6 is 0 Å². The summed E-state index contributed by atoms with van der Waals surface area (Å²) in [6, 6.07) is 27.4. The average Bonchev–Trinajstić information content (AvgIpc) is 3.44. The van der Waals surface area contributed by atoms with Crippen molar-refractivity contribution in [3.63, 3.8) is 0 Å². The number of benzene rings is 3. The minimum absolute atomic E-state index is 0.103. The van der Waals surface area contributed by atoms with Crippen LogP contribution in [0.4, 0.5) is 0 Å². The Hall–Kier alpha value is -4.73. The van der Waals surface area contributed by atoms with E-state index in [1.54, 1.807) is 14.0 Å². The summed E-state index contributed by atoms with van der Waals surface area (Å²) in [6.07, 6.45) is 1.80. The van der Waals surface area contributed by atoms with Crippen molar-refractivity contribution in [2.75, 3.05) is 20.3 Å². The lowest BCUT2D eigenvalue weighted by Gasteiger charge is -2.58. The molecule has 0 spiro atoms. The van der Waals surface area contributed by atoms with E-state index >= 15 is 0 Å². The third-order valence-corrected chi connectivity index (χ3v) is 12.5. The molecule has 1 saturated heterocycles. The maximum absolute atomic E-state index is 14.5.